The molecule has 0 saturated carbocycles. The van der Waals surface area contributed by atoms with Crippen LogP contribution < -0.4 is 4.72 Å². The number of nitrogens with one attached hydrogen (secondary N) is 1. The van der Waals surface area contributed by atoms with Crippen LogP contribution in [0.4, 0.5) is 0 Å². The second-order valence-electron chi connectivity index (χ2n) is 3.92. The first-order chi connectivity index (χ1) is 8.08. The van der Waals surface area contributed by atoms with Crippen LogP contribution in [0.5, 0.6) is 0 Å². The molecule has 5 nitrogen and oxygen atoms in total. The maximum absolute atomic E-state index is 11.9. The molecule has 0 bridgehead atoms. The lowest BCUT2D eigenvalue weighted by molar-refractivity contribution is 0.0891. The molecule has 0 radical (unpaired) electrons. The Morgan fingerprint density at radius 3 is 2.71 bits per heavy atom. The van der Waals surface area contributed by atoms with E-state index in [1.165, 1.54) is 0 Å². The summed E-state index contributed by atoms with van der Waals surface area (Å²) in [4.78, 5) is 5.32. The van der Waals surface area contributed by atoms with Crippen LogP contribution in [0.25, 0.3) is 0 Å². The molecule has 1 aliphatic heterocycles. The fourth-order valence-electron chi connectivity index (χ4n) is 1.56. The monoisotopic (exact) mass is 254 g/mol. The first-order valence-corrected chi connectivity index (χ1v) is 6.80. The topological polar surface area (TPSA) is 67.8 Å². The van der Waals surface area contributed by atoms with E-state index in [-0.39, 0.29) is 17.5 Å². The summed E-state index contributed by atoms with van der Waals surface area (Å²) in [6, 6.07) is 8.26. The van der Waals surface area contributed by atoms with Gasteiger partial charge in [-0.15, -0.1) is 0 Å². The third-order valence-electron chi connectivity index (χ3n) is 2.44. The van der Waals surface area contributed by atoms with Crippen LogP contribution in [0.15, 0.2) is 40.4 Å². The van der Waals surface area contributed by atoms with E-state index in [2.05, 4.69) is 9.88 Å². The molecule has 1 heterocycles. The van der Waals surface area contributed by atoms with Crippen molar-refractivity contribution < 1.29 is 13.3 Å². The zero-order chi connectivity index (χ0) is 12.3. The number of oxime groups is 1. The van der Waals surface area contributed by atoms with Crippen LogP contribution in [0.1, 0.15) is 13.3 Å². The molecule has 0 unspecified atom stereocenters. The molecule has 1 aliphatic rings. The van der Waals surface area contributed by atoms with Crippen molar-refractivity contribution in [3.63, 3.8) is 0 Å². The van der Waals surface area contributed by atoms with Gasteiger partial charge in [-0.1, -0.05) is 23.4 Å². The Kier molecular flexibility index (Phi) is 3.44. The number of hydrogen-bond donors (Lipinski definition) is 1. The molecule has 2 rings (SSSR count). The largest absolute Gasteiger partial charge is 0.391 e. The van der Waals surface area contributed by atoms with Crippen molar-refractivity contribution in [2.24, 2.45) is 5.16 Å². The number of nitrogens with zero attached hydrogens (tertiary/aromatic N) is 1. The summed E-state index contributed by atoms with van der Waals surface area (Å²) in [5, 5.41) is 3.77. The maximum atomic E-state index is 11.9. The molecule has 1 aromatic carbocycles. The molecule has 17 heavy (non-hydrogen) atoms. The SMILES string of the molecule is CC1=NO[C@H](CNS(=O)(=O)c2ccccc2)C1. The smallest absolute Gasteiger partial charge is 0.240 e. The Balaban J connectivity index is 1.95. The average Bonchev–Trinajstić information content (AvgIpc) is 2.74. The molecule has 0 aromatic heterocycles. The summed E-state index contributed by atoms with van der Waals surface area (Å²) in [5.74, 6) is 0. The van der Waals surface area contributed by atoms with Crippen molar-refractivity contribution in [3.05, 3.63) is 30.3 Å². The maximum Gasteiger partial charge on any atom is 0.240 e. The minimum atomic E-state index is -3.45. The van der Waals surface area contributed by atoms with Gasteiger partial charge in [0.1, 0.15) is 6.10 Å². The summed E-state index contributed by atoms with van der Waals surface area (Å²) in [6.07, 6.45) is 0.464. The van der Waals surface area contributed by atoms with Gasteiger partial charge in [-0.25, -0.2) is 13.1 Å². The van der Waals surface area contributed by atoms with E-state index >= 15 is 0 Å². The molecule has 92 valence electrons. The highest BCUT2D eigenvalue weighted by molar-refractivity contribution is 7.89. The molecule has 0 amide bonds. The van der Waals surface area contributed by atoms with E-state index in [9.17, 15) is 8.42 Å². The summed E-state index contributed by atoms with van der Waals surface area (Å²) in [6.45, 7) is 2.09. The zero-order valence-corrected chi connectivity index (χ0v) is 10.3. The lowest BCUT2D eigenvalue weighted by Crippen LogP contribution is -2.32. The third-order valence-corrected chi connectivity index (χ3v) is 3.87. The van der Waals surface area contributed by atoms with Crippen LogP contribution in [-0.2, 0) is 14.9 Å². The van der Waals surface area contributed by atoms with E-state index in [1.54, 1.807) is 30.3 Å². The highest BCUT2D eigenvalue weighted by Gasteiger charge is 2.21. The molecular weight excluding hydrogens is 240 g/mol. The van der Waals surface area contributed by atoms with Crippen molar-refractivity contribution >= 4 is 15.7 Å². The summed E-state index contributed by atoms with van der Waals surface area (Å²) in [7, 11) is -3.45. The number of benzene rings is 1. The summed E-state index contributed by atoms with van der Waals surface area (Å²) >= 11 is 0. The summed E-state index contributed by atoms with van der Waals surface area (Å²) < 4.78 is 26.2. The van der Waals surface area contributed by atoms with Crippen LogP contribution in [0.2, 0.25) is 0 Å². The number of hydrogen-bond acceptors (Lipinski definition) is 4. The van der Waals surface area contributed by atoms with Gasteiger partial charge in [-0.3, -0.25) is 0 Å². The van der Waals surface area contributed by atoms with Crippen molar-refractivity contribution in [1.29, 1.82) is 0 Å². The minimum absolute atomic E-state index is 0.200. The lowest BCUT2D eigenvalue weighted by atomic mass is 10.2. The summed E-state index contributed by atoms with van der Waals surface area (Å²) in [5.41, 5.74) is 0.883. The molecule has 0 aliphatic carbocycles. The molecule has 1 aromatic rings. The molecule has 0 saturated heterocycles. The third kappa shape index (κ3) is 3.04. The Morgan fingerprint density at radius 2 is 2.12 bits per heavy atom. The predicted molar refractivity (Wildman–Crippen MR) is 64.2 cm³/mol. The Morgan fingerprint density at radius 1 is 1.41 bits per heavy atom. The Labute approximate surface area is 101 Å². The van der Waals surface area contributed by atoms with Crippen molar-refractivity contribution in [2.75, 3.05) is 6.54 Å². The van der Waals surface area contributed by atoms with Crippen LogP contribution >= 0.6 is 0 Å². The van der Waals surface area contributed by atoms with Crippen LogP contribution in [0.3, 0.4) is 0 Å². The molecule has 0 spiro atoms. The van der Waals surface area contributed by atoms with E-state index in [4.69, 9.17) is 4.84 Å². The highest BCUT2D eigenvalue weighted by Crippen LogP contribution is 2.11. The second-order valence-corrected chi connectivity index (χ2v) is 5.69. The van der Waals surface area contributed by atoms with E-state index < -0.39 is 10.0 Å². The van der Waals surface area contributed by atoms with Crippen LogP contribution in [-0.4, -0.2) is 26.8 Å². The van der Waals surface area contributed by atoms with Gasteiger partial charge in [0, 0.05) is 6.42 Å². The molecule has 1 atom stereocenters. The van der Waals surface area contributed by atoms with E-state index in [1.807, 2.05) is 6.92 Å². The van der Waals surface area contributed by atoms with E-state index in [0.717, 1.165) is 5.71 Å². The van der Waals surface area contributed by atoms with Gasteiger partial charge in [0.2, 0.25) is 10.0 Å². The van der Waals surface area contributed by atoms with Gasteiger partial charge in [0.15, 0.2) is 0 Å². The van der Waals surface area contributed by atoms with Gasteiger partial charge in [0.05, 0.1) is 17.2 Å². The zero-order valence-electron chi connectivity index (χ0n) is 9.46. The Hall–Kier alpha value is -1.40. The molecule has 1 N–H and O–H groups in total. The predicted octanol–water partition coefficient (Wildman–Crippen LogP) is 1.13. The van der Waals surface area contributed by atoms with Crippen molar-refractivity contribution in [3.8, 4) is 0 Å². The first-order valence-electron chi connectivity index (χ1n) is 5.32. The average molecular weight is 254 g/mol. The fourth-order valence-corrected chi connectivity index (χ4v) is 2.65. The lowest BCUT2D eigenvalue weighted by Gasteiger charge is -2.10. The number of rotatable bonds is 4. The van der Waals surface area contributed by atoms with Gasteiger partial charge < -0.3 is 4.84 Å². The van der Waals surface area contributed by atoms with Crippen molar-refractivity contribution in [1.82, 2.24) is 4.72 Å². The van der Waals surface area contributed by atoms with Crippen LogP contribution in [0, 0.1) is 0 Å². The normalized spacial score (nSPS) is 19.8. The first kappa shape index (κ1) is 12.1. The van der Waals surface area contributed by atoms with Gasteiger partial charge in [-0.2, -0.15) is 0 Å². The van der Waals surface area contributed by atoms with Gasteiger partial charge in [0.25, 0.3) is 0 Å². The van der Waals surface area contributed by atoms with Gasteiger partial charge in [-0.05, 0) is 19.1 Å². The molecule has 6 heteroatoms. The van der Waals surface area contributed by atoms with Gasteiger partial charge >= 0.3 is 0 Å². The molecule has 0 fully saturated rings. The quantitative estimate of drug-likeness (QED) is 0.875. The molecular formula is C11H14N2O3S. The minimum Gasteiger partial charge on any atom is -0.391 e. The van der Waals surface area contributed by atoms with E-state index in [0.29, 0.717) is 6.42 Å². The second kappa shape index (κ2) is 4.85. The highest BCUT2D eigenvalue weighted by atomic mass is 32.2. The Bertz CT molecular complexity index is 511. The fraction of sp³-hybridized carbons (Fsp3) is 0.364. The van der Waals surface area contributed by atoms with Crippen molar-refractivity contribution in [2.45, 2.75) is 24.3 Å². The standard InChI is InChI=1S/C11H14N2O3S/c1-9-7-10(16-13-9)8-12-17(14,15)11-5-3-2-4-6-11/h2-6,10,12H,7-8H2,1H3/t10-/m0/s1. The number of sulfonamides is 1.